The van der Waals surface area contributed by atoms with Crippen LogP contribution in [0.2, 0.25) is 0 Å². The SMILES string of the molecule is CCCC(C)N1[B]N[B]N[B]1. The van der Waals surface area contributed by atoms with Crippen LogP contribution in [0.4, 0.5) is 0 Å². The van der Waals surface area contributed by atoms with Crippen molar-refractivity contribution in [2.75, 3.05) is 0 Å². The van der Waals surface area contributed by atoms with Crippen molar-refractivity contribution in [3.8, 4) is 0 Å². The predicted molar refractivity (Wildman–Crippen MR) is 49.7 cm³/mol. The first kappa shape index (κ1) is 9.17. The Morgan fingerprint density at radius 2 is 2.00 bits per heavy atom. The second-order valence-electron chi connectivity index (χ2n) is 2.82. The summed E-state index contributed by atoms with van der Waals surface area (Å²) in [4.78, 5) is 0. The molecule has 0 aliphatic carbocycles. The summed E-state index contributed by atoms with van der Waals surface area (Å²) >= 11 is 0. The maximum Gasteiger partial charge on any atom is 0.287 e. The van der Waals surface area contributed by atoms with Crippen LogP contribution >= 0.6 is 0 Å². The topological polar surface area (TPSA) is 27.3 Å². The van der Waals surface area contributed by atoms with Crippen LogP contribution in [0.25, 0.3) is 0 Å². The van der Waals surface area contributed by atoms with E-state index in [9.17, 15) is 0 Å². The zero-order chi connectivity index (χ0) is 8.10. The third-order valence-corrected chi connectivity index (χ3v) is 1.83. The molecule has 0 amide bonds. The van der Waals surface area contributed by atoms with Crippen molar-refractivity contribution in [1.29, 1.82) is 0 Å². The second-order valence-corrected chi connectivity index (χ2v) is 2.82. The fourth-order valence-electron chi connectivity index (χ4n) is 1.15. The van der Waals surface area contributed by atoms with Gasteiger partial charge in [0.25, 0.3) is 22.6 Å². The number of hydrogen-bond acceptors (Lipinski definition) is 3. The van der Waals surface area contributed by atoms with E-state index in [4.69, 9.17) is 0 Å². The molecule has 1 rings (SSSR count). The molecule has 11 heavy (non-hydrogen) atoms. The number of rotatable bonds is 3. The summed E-state index contributed by atoms with van der Waals surface area (Å²) in [7, 11) is 5.74. The summed E-state index contributed by atoms with van der Waals surface area (Å²) in [6.07, 6.45) is 2.44. The molecule has 0 bridgehead atoms. The predicted octanol–water partition coefficient (Wildman–Crippen LogP) is -0.728. The van der Waals surface area contributed by atoms with E-state index in [-0.39, 0.29) is 0 Å². The average molecular weight is 148 g/mol. The molecule has 2 N–H and O–H groups in total. The first-order valence-corrected chi connectivity index (χ1v) is 4.12. The minimum atomic E-state index is 0.577. The van der Waals surface area contributed by atoms with E-state index in [1.165, 1.54) is 12.8 Å². The van der Waals surface area contributed by atoms with Crippen molar-refractivity contribution < 1.29 is 0 Å². The number of nitrogens with zero attached hydrogens (tertiary/aromatic N) is 1. The summed E-state index contributed by atoms with van der Waals surface area (Å²) in [6.45, 7) is 4.42. The van der Waals surface area contributed by atoms with Crippen molar-refractivity contribution in [2.24, 2.45) is 0 Å². The van der Waals surface area contributed by atoms with Crippen LogP contribution in [0.15, 0.2) is 0 Å². The van der Waals surface area contributed by atoms with E-state index < -0.39 is 0 Å². The molecule has 3 nitrogen and oxygen atoms in total. The van der Waals surface area contributed by atoms with Crippen LogP contribution in [-0.4, -0.2) is 33.4 Å². The Morgan fingerprint density at radius 1 is 1.36 bits per heavy atom. The van der Waals surface area contributed by atoms with Crippen LogP contribution in [-0.2, 0) is 0 Å². The molecular weight excluding hydrogens is 135 g/mol. The molecule has 0 spiro atoms. The van der Waals surface area contributed by atoms with Crippen LogP contribution in [0.1, 0.15) is 26.7 Å². The van der Waals surface area contributed by atoms with Crippen LogP contribution in [0, 0.1) is 0 Å². The molecule has 1 saturated heterocycles. The minimum absolute atomic E-state index is 0.577. The van der Waals surface area contributed by atoms with Gasteiger partial charge in [0, 0.05) is 0 Å². The van der Waals surface area contributed by atoms with E-state index in [0.717, 1.165) is 0 Å². The van der Waals surface area contributed by atoms with Gasteiger partial charge in [0.05, 0.1) is 0 Å². The van der Waals surface area contributed by atoms with Crippen molar-refractivity contribution in [2.45, 2.75) is 32.7 Å². The van der Waals surface area contributed by atoms with Crippen LogP contribution in [0.3, 0.4) is 0 Å². The Bertz CT molecular complexity index is 107. The minimum Gasteiger partial charge on any atom is -0.379 e. The quantitative estimate of drug-likeness (QED) is 0.516. The molecule has 1 atom stereocenters. The maximum absolute atomic E-state index is 3.01. The molecule has 0 aromatic rings. The maximum atomic E-state index is 3.01. The van der Waals surface area contributed by atoms with E-state index in [1.807, 2.05) is 15.1 Å². The van der Waals surface area contributed by atoms with Gasteiger partial charge in [-0.3, -0.25) is 0 Å². The highest BCUT2D eigenvalue weighted by Crippen LogP contribution is 2.02. The Morgan fingerprint density at radius 3 is 2.55 bits per heavy atom. The molecule has 1 heterocycles. The lowest BCUT2D eigenvalue weighted by molar-refractivity contribution is 0.462. The normalized spacial score (nSPS) is 21.3. The van der Waals surface area contributed by atoms with Gasteiger partial charge in [0.2, 0.25) is 0 Å². The van der Waals surface area contributed by atoms with Crippen molar-refractivity contribution in [1.82, 2.24) is 15.0 Å². The fourth-order valence-corrected chi connectivity index (χ4v) is 1.15. The van der Waals surface area contributed by atoms with Crippen molar-refractivity contribution in [3.63, 3.8) is 0 Å². The lowest BCUT2D eigenvalue weighted by atomic mass is 9.78. The van der Waals surface area contributed by atoms with Gasteiger partial charge in [0.15, 0.2) is 0 Å². The molecule has 6 heteroatoms. The molecular formula is C5H13B3N3. The third kappa shape index (κ3) is 2.89. The van der Waals surface area contributed by atoms with Gasteiger partial charge < -0.3 is 15.0 Å². The van der Waals surface area contributed by atoms with E-state index in [1.54, 1.807) is 7.55 Å². The van der Waals surface area contributed by atoms with Crippen LogP contribution < -0.4 is 10.3 Å². The number of nitrogens with one attached hydrogen (secondary N) is 2. The molecule has 1 unspecified atom stereocenters. The van der Waals surface area contributed by atoms with E-state index >= 15 is 0 Å². The van der Waals surface area contributed by atoms with Gasteiger partial charge in [-0.1, -0.05) is 20.3 Å². The Labute approximate surface area is 71.2 Å². The Kier molecular flexibility index (Phi) is 4.04. The van der Waals surface area contributed by atoms with Crippen LogP contribution in [0.5, 0.6) is 0 Å². The summed E-state index contributed by atoms with van der Waals surface area (Å²) < 4.78 is 2.14. The Balaban J connectivity index is 2.21. The smallest absolute Gasteiger partial charge is 0.287 e. The van der Waals surface area contributed by atoms with Gasteiger partial charge in [-0.15, -0.1) is 0 Å². The summed E-state index contributed by atoms with van der Waals surface area (Å²) in [6, 6.07) is 0.577. The molecule has 0 saturated carbocycles. The average Bonchev–Trinajstić information content (AvgIpc) is 2.07. The monoisotopic (exact) mass is 148 g/mol. The third-order valence-electron chi connectivity index (χ3n) is 1.83. The molecule has 0 aromatic carbocycles. The Hall–Kier alpha value is 0.0748. The van der Waals surface area contributed by atoms with Crippen molar-refractivity contribution in [3.05, 3.63) is 0 Å². The summed E-state index contributed by atoms with van der Waals surface area (Å²) in [5.41, 5.74) is 0. The largest absolute Gasteiger partial charge is 0.379 e. The molecule has 0 aromatic heterocycles. The fraction of sp³-hybridized carbons (Fsp3) is 1.00. The first-order chi connectivity index (χ1) is 5.34. The second kappa shape index (κ2) is 4.85. The highest BCUT2D eigenvalue weighted by molar-refractivity contribution is 6.65. The summed E-state index contributed by atoms with van der Waals surface area (Å²) in [5.74, 6) is 0. The highest BCUT2D eigenvalue weighted by Gasteiger charge is 2.18. The summed E-state index contributed by atoms with van der Waals surface area (Å²) in [5, 5.41) is 6.02. The zero-order valence-electron chi connectivity index (χ0n) is 7.17. The van der Waals surface area contributed by atoms with Gasteiger partial charge in [0.1, 0.15) is 0 Å². The molecule has 1 aliphatic heterocycles. The lowest BCUT2D eigenvalue weighted by Crippen LogP contribution is -2.60. The van der Waals surface area contributed by atoms with E-state index in [2.05, 4.69) is 28.8 Å². The highest BCUT2D eigenvalue weighted by atomic mass is 15.1. The molecule has 57 valence electrons. The molecule has 1 aliphatic rings. The van der Waals surface area contributed by atoms with Gasteiger partial charge >= 0.3 is 0 Å². The van der Waals surface area contributed by atoms with Gasteiger partial charge in [-0.2, -0.15) is 0 Å². The lowest BCUT2D eigenvalue weighted by Gasteiger charge is -2.31. The van der Waals surface area contributed by atoms with E-state index in [0.29, 0.717) is 6.04 Å². The van der Waals surface area contributed by atoms with Gasteiger partial charge in [-0.25, -0.2) is 0 Å². The number of hydrogen-bond donors (Lipinski definition) is 2. The zero-order valence-corrected chi connectivity index (χ0v) is 7.17. The standard InChI is InChI=1S/C5H13B3N3/c1-3-4-5(2)11-7-9-6-10-8-11/h5,9-10H,3-4H2,1-2H3. The first-order valence-electron chi connectivity index (χ1n) is 4.12. The van der Waals surface area contributed by atoms with Crippen molar-refractivity contribution >= 4 is 22.6 Å². The van der Waals surface area contributed by atoms with Gasteiger partial charge in [-0.05, 0) is 12.5 Å². The molecule has 3 radical (unpaired) electrons. The molecule has 1 fully saturated rings.